The van der Waals surface area contributed by atoms with Gasteiger partial charge in [-0.1, -0.05) is 24.3 Å². The number of ether oxygens (including phenoxy) is 3. The summed E-state index contributed by atoms with van der Waals surface area (Å²) in [6.07, 6.45) is 0. The monoisotopic (exact) mass is 384 g/mol. The Hall–Kier alpha value is -2.73. The topological polar surface area (TPSA) is 51.2 Å². The quantitative estimate of drug-likeness (QED) is 0.766. The summed E-state index contributed by atoms with van der Waals surface area (Å²) in [5.41, 5.74) is 2.85. The Morgan fingerprint density at radius 2 is 1.57 bits per heavy atom. The van der Waals surface area contributed by atoms with Crippen molar-refractivity contribution in [2.45, 2.75) is 13.5 Å². The molecule has 0 unspecified atom stereocenters. The Morgan fingerprint density at radius 1 is 0.893 bits per heavy atom. The maximum absolute atomic E-state index is 12.8. The average molecular weight is 384 g/mol. The summed E-state index contributed by atoms with van der Waals surface area (Å²) in [6.45, 7) is 5.76. The summed E-state index contributed by atoms with van der Waals surface area (Å²) >= 11 is 0. The van der Waals surface area contributed by atoms with Gasteiger partial charge in [0.05, 0.1) is 21.3 Å². The SMILES string of the molecule is COc1ccc(CN2CCN(C(=O)c3ccccc3C)CC2)c(OC)c1OC. The van der Waals surface area contributed by atoms with E-state index in [-0.39, 0.29) is 5.91 Å². The maximum Gasteiger partial charge on any atom is 0.254 e. The molecule has 0 saturated carbocycles. The van der Waals surface area contributed by atoms with Gasteiger partial charge >= 0.3 is 0 Å². The molecule has 1 heterocycles. The lowest BCUT2D eigenvalue weighted by molar-refractivity contribution is 0.0626. The van der Waals surface area contributed by atoms with Gasteiger partial charge in [-0.3, -0.25) is 9.69 Å². The molecule has 1 fully saturated rings. The molecule has 0 aliphatic carbocycles. The van der Waals surface area contributed by atoms with E-state index in [2.05, 4.69) is 4.90 Å². The van der Waals surface area contributed by atoms with Crippen LogP contribution in [0, 0.1) is 6.92 Å². The molecule has 0 atom stereocenters. The summed E-state index contributed by atoms with van der Waals surface area (Å²) in [7, 11) is 4.86. The first-order valence-corrected chi connectivity index (χ1v) is 9.44. The summed E-state index contributed by atoms with van der Waals surface area (Å²) in [5, 5.41) is 0. The molecule has 28 heavy (non-hydrogen) atoms. The molecule has 1 aliphatic rings. The van der Waals surface area contributed by atoms with Crippen molar-refractivity contribution in [3.05, 3.63) is 53.1 Å². The van der Waals surface area contributed by atoms with Crippen LogP contribution in [0.15, 0.2) is 36.4 Å². The van der Waals surface area contributed by atoms with Crippen molar-refractivity contribution in [1.82, 2.24) is 9.80 Å². The number of benzene rings is 2. The zero-order valence-corrected chi connectivity index (χ0v) is 17.0. The van der Waals surface area contributed by atoms with Gasteiger partial charge < -0.3 is 19.1 Å². The van der Waals surface area contributed by atoms with E-state index < -0.39 is 0 Å². The van der Waals surface area contributed by atoms with Crippen molar-refractivity contribution in [2.24, 2.45) is 0 Å². The molecule has 1 aliphatic heterocycles. The first kappa shape index (κ1) is 20.0. The Kier molecular flexibility index (Phi) is 6.41. The van der Waals surface area contributed by atoms with Crippen LogP contribution in [0.3, 0.4) is 0 Å². The fourth-order valence-corrected chi connectivity index (χ4v) is 3.62. The second-order valence-electron chi connectivity index (χ2n) is 6.88. The number of nitrogens with zero attached hydrogens (tertiary/aromatic N) is 2. The molecule has 2 aromatic rings. The van der Waals surface area contributed by atoms with Crippen LogP contribution >= 0.6 is 0 Å². The van der Waals surface area contributed by atoms with E-state index in [1.165, 1.54) is 0 Å². The van der Waals surface area contributed by atoms with Crippen LogP contribution in [0.2, 0.25) is 0 Å². The first-order valence-electron chi connectivity index (χ1n) is 9.44. The predicted molar refractivity (Wildman–Crippen MR) is 108 cm³/mol. The number of carbonyl (C=O) groups is 1. The number of amides is 1. The minimum atomic E-state index is 0.112. The minimum Gasteiger partial charge on any atom is -0.493 e. The summed E-state index contributed by atoms with van der Waals surface area (Å²) in [4.78, 5) is 17.1. The lowest BCUT2D eigenvalue weighted by Crippen LogP contribution is -2.48. The predicted octanol–water partition coefficient (Wildman–Crippen LogP) is 2.98. The average Bonchev–Trinajstić information content (AvgIpc) is 2.73. The summed E-state index contributed by atoms with van der Waals surface area (Å²) < 4.78 is 16.4. The molecule has 2 aromatic carbocycles. The van der Waals surface area contributed by atoms with E-state index in [1.54, 1.807) is 21.3 Å². The number of aryl methyl sites for hydroxylation is 1. The smallest absolute Gasteiger partial charge is 0.254 e. The standard InChI is InChI=1S/C22H28N2O4/c1-16-7-5-6-8-18(16)22(25)24-13-11-23(12-14-24)15-17-9-10-19(26-2)21(28-4)20(17)27-3/h5-10H,11-15H2,1-4H3. The van der Waals surface area contributed by atoms with Gasteiger partial charge in [0.15, 0.2) is 11.5 Å². The number of carbonyl (C=O) groups excluding carboxylic acids is 1. The highest BCUT2D eigenvalue weighted by atomic mass is 16.5. The van der Waals surface area contributed by atoms with Gasteiger partial charge in [0, 0.05) is 43.9 Å². The zero-order valence-electron chi connectivity index (χ0n) is 17.0. The van der Waals surface area contributed by atoms with Crippen LogP contribution in [0.1, 0.15) is 21.5 Å². The van der Waals surface area contributed by atoms with Gasteiger partial charge in [0.1, 0.15) is 0 Å². The van der Waals surface area contributed by atoms with E-state index in [0.29, 0.717) is 30.3 Å². The largest absolute Gasteiger partial charge is 0.493 e. The Balaban J connectivity index is 1.66. The molecule has 0 bridgehead atoms. The molecular weight excluding hydrogens is 356 g/mol. The maximum atomic E-state index is 12.8. The van der Waals surface area contributed by atoms with Gasteiger partial charge in [-0.25, -0.2) is 0 Å². The van der Waals surface area contributed by atoms with Crippen LogP contribution in [0.25, 0.3) is 0 Å². The third-order valence-electron chi connectivity index (χ3n) is 5.21. The lowest BCUT2D eigenvalue weighted by atomic mass is 10.1. The molecule has 0 aromatic heterocycles. The number of piperazine rings is 1. The molecule has 3 rings (SSSR count). The molecular formula is C22H28N2O4. The van der Waals surface area contributed by atoms with Gasteiger partial charge in [-0.05, 0) is 24.6 Å². The minimum absolute atomic E-state index is 0.112. The second kappa shape index (κ2) is 8.97. The number of hydrogen-bond donors (Lipinski definition) is 0. The van der Waals surface area contributed by atoms with E-state index in [4.69, 9.17) is 14.2 Å². The van der Waals surface area contributed by atoms with Gasteiger partial charge in [-0.15, -0.1) is 0 Å². The van der Waals surface area contributed by atoms with Crippen LogP contribution in [-0.2, 0) is 6.54 Å². The summed E-state index contributed by atoms with van der Waals surface area (Å²) in [6, 6.07) is 11.7. The summed E-state index contributed by atoms with van der Waals surface area (Å²) in [5.74, 6) is 2.06. The number of rotatable bonds is 6. The fraction of sp³-hybridized carbons (Fsp3) is 0.409. The van der Waals surface area contributed by atoms with Crippen molar-refractivity contribution in [3.63, 3.8) is 0 Å². The highest BCUT2D eigenvalue weighted by Gasteiger charge is 2.24. The molecule has 0 spiro atoms. The Morgan fingerprint density at radius 3 is 2.18 bits per heavy atom. The fourth-order valence-electron chi connectivity index (χ4n) is 3.62. The van der Waals surface area contributed by atoms with Crippen molar-refractivity contribution < 1.29 is 19.0 Å². The van der Waals surface area contributed by atoms with Gasteiger partial charge in [0.25, 0.3) is 5.91 Å². The molecule has 6 heteroatoms. The molecule has 6 nitrogen and oxygen atoms in total. The van der Waals surface area contributed by atoms with Crippen LogP contribution < -0.4 is 14.2 Å². The lowest BCUT2D eigenvalue weighted by Gasteiger charge is -2.35. The first-order chi connectivity index (χ1) is 13.6. The van der Waals surface area contributed by atoms with Gasteiger partial charge in [0.2, 0.25) is 5.75 Å². The van der Waals surface area contributed by atoms with Gasteiger partial charge in [-0.2, -0.15) is 0 Å². The van der Waals surface area contributed by atoms with Crippen molar-refractivity contribution >= 4 is 5.91 Å². The van der Waals surface area contributed by atoms with E-state index in [0.717, 1.165) is 36.3 Å². The van der Waals surface area contributed by atoms with E-state index in [1.807, 2.05) is 48.2 Å². The van der Waals surface area contributed by atoms with Crippen LogP contribution in [0.5, 0.6) is 17.2 Å². The Labute approximate surface area is 166 Å². The van der Waals surface area contributed by atoms with Crippen molar-refractivity contribution in [2.75, 3.05) is 47.5 Å². The zero-order chi connectivity index (χ0) is 20.1. The van der Waals surface area contributed by atoms with Crippen molar-refractivity contribution in [1.29, 1.82) is 0 Å². The third-order valence-corrected chi connectivity index (χ3v) is 5.21. The Bertz CT molecular complexity index is 829. The molecule has 0 N–H and O–H groups in total. The van der Waals surface area contributed by atoms with E-state index >= 15 is 0 Å². The molecule has 1 amide bonds. The van der Waals surface area contributed by atoms with E-state index in [9.17, 15) is 4.79 Å². The molecule has 1 saturated heterocycles. The third kappa shape index (κ3) is 4.07. The highest BCUT2D eigenvalue weighted by Crippen LogP contribution is 2.40. The van der Waals surface area contributed by atoms with Crippen LogP contribution in [-0.4, -0.2) is 63.2 Å². The normalized spacial score (nSPS) is 14.6. The molecule has 0 radical (unpaired) electrons. The molecule has 150 valence electrons. The van der Waals surface area contributed by atoms with Crippen LogP contribution in [0.4, 0.5) is 0 Å². The number of methoxy groups -OCH3 is 3. The number of hydrogen-bond acceptors (Lipinski definition) is 5. The second-order valence-corrected chi connectivity index (χ2v) is 6.88. The van der Waals surface area contributed by atoms with Crippen molar-refractivity contribution in [3.8, 4) is 17.2 Å². The highest BCUT2D eigenvalue weighted by molar-refractivity contribution is 5.95.